The lowest BCUT2D eigenvalue weighted by Crippen LogP contribution is -1.70. The van der Waals surface area contributed by atoms with Crippen molar-refractivity contribution in [2.24, 2.45) is 0 Å². The minimum Gasteiger partial charge on any atom is -0.134 e. The Bertz CT molecular complexity index is 1280. The number of fused-ring (bicyclic) bond motifs is 5. The lowest BCUT2D eigenvalue weighted by molar-refractivity contribution is 1.83. The van der Waals surface area contributed by atoms with Gasteiger partial charge in [-0.15, -0.1) is 34.0 Å². The van der Waals surface area contributed by atoms with Gasteiger partial charge in [-0.25, -0.2) is 0 Å². The van der Waals surface area contributed by atoms with Crippen LogP contribution >= 0.6 is 34.0 Å². The molecule has 0 saturated heterocycles. The highest BCUT2D eigenvalue weighted by Gasteiger charge is 2.00. The zero-order valence-corrected chi connectivity index (χ0v) is 16.9. The molecule has 0 unspecified atom stereocenters. The molecule has 0 spiro atoms. The van der Waals surface area contributed by atoms with E-state index in [1.807, 2.05) is 34.0 Å². The summed E-state index contributed by atoms with van der Waals surface area (Å²) < 4.78 is 7.80. The van der Waals surface area contributed by atoms with Gasteiger partial charge in [0.15, 0.2) is 0 Å². The molecule has 0 N–H and O–H groups in total. The second kappa shape index (κ2) is 7.28. The van der Waals surface area contributed by atoms with Crippen LogP contribution in [0.15, 0.2) is 97.1 Å². The number of hydrogen-bond donors (Lipinski definition) is 0. The predicted octanol–water partition coefficient (Wildman–Crippen LogP) is 8.73. The van der Waals surface area contributed by atoms with Gasteiger partial charge >= 0.3 is 0 Å². The largest absolute Gasteiger partial charge is 0.134 e. The van der Waals surface area contributed by atoms with Crippen LogP contribution < -0.4 is 0 Å². The SMILES string of the molecule is c1ccc2sc3ccccc3c3ccccc3sc3ccccc3sc2c1. The first-order valence-corrected chi connectivity index (χ1v) is 11.2. The van der Waals surface area contributed by atoms with Crippen molar-refractivity contribution >= 4 is 73.0 Å². The fourth-order valence-electron chi connectivity index (χ4n) is 3.15. The fourth-order valence-corrected chi connectivity index (χ4v) is 6.49. The maximum absolute atomic E-state index is 2.24. The van der Waals surface area contributed by atoms with Crippen LogP contribution in [0, 0.1) is 0 Å². The molecule has 0 atom stereocenters. The molecule has 1 heterocycles. The minimum absolute atomic E-state index is 1.30. The monoisotopic (exact) mass is 400 g/mol. The van der Waals surface area contributed by atoms with Gasteiger partial charge in [-0.3, -0.25) is 0 Å². The molecule has 5 aromatic rings. The van der Waals surface area contributed by atoms with Crippen LogP contribution in [-0.2, 0) is 0 Å². The van der Waals surface area contributed by atoms with Gasteiger partial charge in [0.05, 0.1) is 0 Å². The maximum atomic E-state index is 2.24. The highest BCUT2D eigenvalue weighted by atomic mass is 32.1. The van der Waals surface area contributed by atoms with E-state index in [2.05, 4.69) is 97.1 Å². The third-order valence-corrected chi connectivity index (χ3v) is 8.14. The summed E-state index contributed by atoms with van der Waals surface area (Å²) in [5, 5.41) is 2.59. The Morgan fingerprint density at radius 1 is 0.296 bits per heavy atom. The molecule has 0 aliphatic carbocycles. The summed E-state index contributed by atoms with van der Waals surface area (Å²) in [4.78, 5) is 0. The van der Waals surface area contributed by atoms with Gasteiger partial charge in [0.2, 0.25) is 0 Å². The standard InChI is InChI=1S/C24H16S3/c1-3-11-19-17(9-1)18-10-2-4-12-20(18)26-22-14-6-8-16-24(22)27-23-15-7-5-13-21(23)25-19/h1-16H. The van der Waals surface area contributed by atoms with Crippen molar-refractivity contribution in [1.29, 1.82) is 0 Å². The average Bonchev–Trinajstić information content (AvgIpc) is 2.73. The Labute approximate surface area is 169 Å². The molecule has 5 rings (SSSR count). The Hall–Kier alpha value is -2.46. The molecule has 27 heavy (non-hydrogen) atoms. The lowest BCUT2D eigenvalue weighted by atomic mass is 10.1. The van der Waals surface area contributed by atoms with Crippen molar-refractivity contribution in [1.82, 2.24) is 0 Å². The van der Waals surface area contributed by atoms with Crippen molar-refractivity contribution in [2.75, 3.05) is 0 Å². The van der Waals surface area contributed by atoms with E-state index in [0.717, 1.165) is 0 Å². The second-order valence-electron chi connectivity index (χ2n) is 6.19. The molecular formula is C24H16S3. The topological polar surface area (TPSA) is 0 Å². The Kier molecular flexibility index (Phi) is 4.50. The molecule has 0 radical (unpaired) electrons. The van der Waals surface area contributed by atoms with E-state index in [-0.39, 0.29) is 0 Å². The lowest BCUT2D eigenvalue weighted by Gasteiger charge is -1.99. The highest BCUT2D eigenvalue weighted by Crippen LogP contribution is 2.33. The summed E-state index contributed by atoms with van der Waals surface area (Å²) in [6.45, 7) is 0. The summed E-state index contributed by atoms with van der Waals surface area (Å²) in [5.41, 5.74) is 0. The summed E-state index contributed by atoms with van der Waals surface area (Å²) in [6.07, 6.45) is 0. The van der Waals surface area contributed by atoms with Crippen LogP contribution in [0.3, 0.4) is 0 Å². The highest BCUT2D eigenvalue weighted by molar-refractivity contribution is 7.33. The first-order chi connectivity index (χ1) is 13.4. The number of benzene rings is 4. The fraction of sp³-hybridized carbons (Fsp3) is 0. The number of rotatable bonds is 0. The van der Waals surface area contributed by atoms with E-state index in [1.54, 1.807) is 0 Å². The van der Waals surface area contributed by atoms with Gasteiger partial charge in [-0.05, 0) is 36.4 Å². The first-order valence-electron chi connectivity index (χ1n) is 8.78. The number of hydrogen-bond acceptors (Lipinski definition) is 3. The third-order valence-electron chi connectivity index (χ3n) is 4.42. The van der Waals surface area contributed by atoms with Gasteiger partial charge in [0.1, 0.15) is 0 Å². The van der Waals surface area contributed by atoms with Crippen molar-refractivity contribution in [3.63, 3.8) is 0 Å². The summed E-state index contributed by atoms with van der Waals surface area (Å²) >= 11 is 5.57. The molecule has 0 saturated carbocycles. The van der Waals surface area contributed by atoms with Crippen molar-refractivity contribution in [3.8, 4) is 0 Å². The molecule has 0 nitrogen and oxygen atoms in total. The summed E-state index contributed by atoms with van der Waals surface area (Å²) in [5.74, 6) is 0. The molecule has 0 aliphatic rings. The van der Waals surface area contributed by atoms with E-state index in [4.69, 9.17) is 0 Å². The molecule has 1 aromatic heterocycles. The normalized spacial score (nSPS) is 11.0. The van der Waals surface area contributed by atoms with Crippen LogP contribution in [0.4, 0.5) is 0 Å². The van der Waals surface area contributed by atoms with E-state index >= 15 is 0 Å². The zero-order valence-electron chi connectivity index (χ0n) is 14.5. The van der Waals surface area contributed by atoms with Crippen LogP contribution in [0.2, 0.25) is 0 Å². The molecule has 0 bridgehead atoms. The zero-order chi connectivity index (χ0) is 18.1. The van der Waals surface area contributed by atoms with Crippen molar-refractivity contribution in [2.45, 2.75) is 0 Å². The minimum atomic E-state index is 1.30. The second-order valence-corrected chi connectivity index (χ2v) is 9.44. The molecule has 3 heteroatoms. The molecule has 0 fully saturated rings. The van der Waals surface area contributed by atoms with Crippen molar-refractivity contribution in [3.05, 3.63) is 97.1 Å². The average molecular weight is 401 g/mol. The van der Waals surface area contributed by atoms with Crippen LogP contribution in [0.5, 0.6) is 0 Å². The van der Waals surface area contributed by atoms with Gasteiger partial charge in [-0.2, -0.15) is 0 Å². The van der Waals surface area contributed by atoms with E-state index in [1.165, 1.54) is 39.0 Å². The van der Waals surface area contributed by atoms with Gasteiger partial charge < -0.3 is 0 Å². The molecular weight excluding hydrogens is 384 g/mol. The van der Waals surface area contributed by atoms with Crippen LogP contribution in [0.25, 0.3) is 39.0 Å². The molecule has 4 aromatic carbocycles. The van der Waals surface area contributed by atoms with E-state index < -0.39 is 0 Å². The van der Waals surface area contributed by atoms with Gasteiger partial charge in [-0.1, -0.05) is 60.7 Å². The Morgan fingerprint density at radius 2 is 0.556 bits per heavy atom. The van der Waals surface area contributed by atoms with Gasteiger partial charge in [0.25, 0.3) is 0 Å². The van der Waals surface area contributed by atoms with Gasteiger partial charge in [0, 0.05) is 39.0 Å². The van der Waals surface area contributed by atoms with Crippen LogP contribution in [-0.4, -0.2) is 0 Å². The van der Waals surface area contributed by atoms with Crippen molar-refractivity contribution < 1.29 is 0 Å². The summed E-state index contributed by atoms with van der Waals surface area (Å²) in [7, 11) is 0. The van der Waals surface area contributed by atoms with E-state index in [0.29, 0.717) is 0 Å². The molecule has 0 aliphatic heterocycles. The Balaban J connectivity index is 2.16. The smallest absolute Gasteiger partial charge is 0.0449 e. The first kappa shape index (κ1) is 16.7. The predicted molar refractivity (Wildman–Crippen MR) is 125 cm³/mol. The molecule has 130 valence electrons. The summed E-state index contributed by atoms with van der Waals surface area (Å²) in [6, 6.07) is 34.9. The maximum Gasteiger partial charge on any atom is 0.0449 e. The quantitative estimate of drug-likeness (QED) is 0.244. The molecule has 0 amide bonds. The van der Waals surface area contributed by atoms with E-state index in [9.17, 15) is 0 Å². The Morgan fingerprint density at radius 3 is 0.926 bits per heavy atom. The van der Waals surface area contributed by atoms with Crippen LogP contribution in [0.1, 0.15) is 0 Å². The third kappa shape index (κ3) is 3.30.